The number of nitrogens with one attached hydrogen (secondary N) is 1. The van der Waals surface area contributed by atoms with Crippen molar-refractivity contribution in [3.05, 3.63) is 28.0 Å². The van der Waals surface area contributed by atoms with E-state index in [1.54, 1.807) is 12.1 Å². The molecule has 0 aromatic heterocycles. The third-order valence-corrected chi connectivity index (χ3v) is 5.85. The lowest BCUT2D eigenvalue weighted by Crippen LogP contribution is -2.27. The SMILES string of the molecule is CSC1CCC(Nc2ccc(C(N)=S)c(Br)c2F)CC1. The van der Waals surface area contributed by atoms with Gasteiger partial charge in [-0.3, -0.25) is 0 Å². The van der Waals surface area contributed by atoms with Crippen molar-refractivity contribution in [1.82, 2.24) is 0 Å². The number of nitrogens with two attached hydrogens (primary N) is 1. The molecular formula is C14H18BrFN2S2. The predicted molar refractivity (Wildman–Crippen MR) is 93.2 cm³/mol. The van der Waals surface area contributed by atoms with Crippen LogP contribution in [0, 0.1) is 5.82 Å². The molecule has 2 nitrogen and oxygen atoms in total. The fourth-order valence-corrected chi connectivity index (χ4v) is 4.12. The molecule has 1 aromatic carbocycles. The van der Waals surface area contributed by atoms with Crippen LogP contribution in [0.3, 0.4) is 0 Å². The summed E-state index contributed by atoms with van der Waals surface area (Å²) in [5.41, 5.74) is 6.61. The highest BCUT2D eigenvalue weighted by Gasteiger charge is 2.22. The van der Waals surface area contributed by atoms with Crippen LogP contribution in [-0.2, 0) is 0 Å². The first-order valence-corrected chi connectivity index (χ1v) is 9.09. The standard InChI is InChI=1S/C14H18BrFN2S2/c1-20-9-4-2-8(3-5-9)18-11-7-6-10(14(17)19)12(15)13(11)16/h6-9,18H,2-5H2,1H3,(H2,17,19). The third kappa shape index (κ3) is 3.65. The number of benzene rings is 1. The number of halogens is 2. The highest BCUT2D eigenvalue weighted by molar-refractivity contribution is 9.10. The molecule has 20 heavy (non-hydrogen) atoms. The molecule has 0 heterocycles. The van der Waals surface area contributed by atoms with Gasteiger partial charge in [0.2, 0.25) is 0 Å². The van der Waals surface area contributed by atoms with E-state index in [0.29, 0.717) is 21.8 Å². The smallest absolute Gasteiger partial charge is 0.161 e. The second-order valence-electron chi connectivity index (χ2n) is 5.01. The molecule has 1 aromatic rings. The summed E-state index contributed by atoms with van der Waals surface area (Å²) in [5, 5.41) is 4.05. The molecule has 1 aliphatic carbocycles. The van der Waals surface area contributed by atoms with Gasteiger partial charge in [-0.15, -0.1) is 0 Å². The van der Waals surface area contributed by atoms with Gasteiger partial charge in [-0.1, -0.05) is 12.2 Å². The van der Waals surface area contributed by atoms with Crippen molar-refractivity contribution in [2.45, 2.75) is 37.0 Å². The van der Waals surface area contributed by atoms with E-state index >= 15 is 0 Å². The van der Waals surface area contributed by atoms with Crippen LogP contribution in [0.1, 0.15) is 31.2 Å². The number of thioether (sulfide) groups is 1. The number of anilines is 1. The number of hydrogen-bond donors (Lipinski definition) is 2. The largest absolute Gasteiger partial charge is 0.389 e. The number of hydrogen-bond acceptors (Lipinski definition) is 3. The summed E-state index contributed by atoms with van der Waals surface area (Å²) in [5.74, 6) is -0.317. The summed E-state index contributed by atoms with van der Waals surface area (Å²) in [6, 6.07) is 3.82. The van der Waals surface area contributed by atoms with Crippen molar-refractivity contribution >= 4 is 50.6 Å². The second-order valence-corrected chi connectivity index (χ2v) is 7.38. The van der Waals surface area contributed by atoms with E-state index in [1.165, 1.54) is 12.8 Å². The van der Waals surface area contributed by atoms with E-state index in [-0.39, 0.29) is 10.8 Å². The molecule has 1 aliphatic rings. The Balaban J connectivity index is 2.07. The van der Waals surface area contributed by atoms with Gasteiger partial charge in [-0.25, -0.2) is 4.39 Å². The van der Waals surface area contributed by atoms with Gasteiger partial charge in [0.15, 0.2) is 5.82 Å². The lowest BCUT2D eigenvalue weighted by atomic mass is 9.94. The Morgan fingerprint density at radius 1 is 1.40 bits per heavy atom. The molecule has 0 saturated heterocycles. The van der Waals surface area contributed by atoms with Gasteiger partial charge in [0, 0.05) is 16.9 Å². The Hall–Kier alpha value is -0.330. The van der Waals surface area contributed by atoms with Gasteiger partial charge >= 0.3 is 0 Å². The normalized spacial score (nSPS) is 22.6. The van der Waals surface area contributed by atoms with E-state index in [0.717, 1.165) is 18.1 Å². The Bertz CT molecular complexity index is 502. The molecular weight excluding hydrogens is 359 g/mol. The van der Waals surface area contributed by atoms with Gasteiger partial charge in [-0.2, -0.15) is 11.8 Å². The van der Waals surface area contributed by atoms with Gasteiger partial charge < -0.3 is 11.1 Å². The van der Waals surface area contributed by atoms with Crippen LogP contribution >= 0.6 is 39.9 Å². The monoisotopic (exact) mass is 376 g/mol. The Morgan fingerprint density at radius 3 is 2.60 bits per heavy atom. The molecule has 3 N–H and O–H groups in total. The minimum Gasteiger partial charge on any atom is -0.389 e. The van der Waals surface area contributed by atoms with Crippen LogP contribution in [0.4, 0.5) is 10.1 Å². The van der Waals surface area contributed by atoms with Gasteiger partial charge in [0.25, 0.3) is 0 Å². The molecule has 1 fully saturated rings. The Kier molecular flexibility index (Phi) is 5.69. The van der Waals surface area contributed by atoms with E-state index in [9.17, 15) is 4.39 Å². The van der Waals surface area contributed by atoms with E-state index in [1.807, 2.05) is 11.8 Å². The first-order valence-electron chi connectivity index (χ1n) is 6.60. The average Bonchev–Trinajstić information content (AvgIpc) is 2.44. The molecule has 1 saturated carbocycles. The third-order valence-electron chi connectivity index (χ3n) is 3.71. The van der Waals surface area contributed by atoms with Crippen LogP contribution in [0.15, 0.2) is 16.6 Å². The summed E-state index contributed by atoms with van der Waals surface area (Å²) < 4.78 is 14.6. The zero-order valence-corrected chi connectivity index (χ0v) is 14.5. The molecule has 0 aliphatic heterocycles. The van der Waals surface area contributed by atoms with Gasteiger partial charge in [0.1, 0.15) is 4.99 Å². The molecule has 0 radical (unpaired) electrons. The summed E-state index contributed by atoms with van der Waals surface area (Å²) in [7, 11) is 0. The summed E-state index contributed by atoms with van der Waals surface area (Å²) in [4.78, 5) is 0.197. The quantitative estimate of drug-likeness (QED) is 0.767. The van der Waals surface area contributed by atoms with Crippen molar-refractivity contribution in [3.63, 3.8) is 0 Å². The van der Waals surface area contributed by atoms with Gasteiger partial charge in [0.05, 0.1) is 10.2 Å². The lowest BCUT2D eigenvalue weighted by molar-refractivity contribution is 0.470. The van der Waals surface area contributed by atoms with Crippen LogP contribution < -0.4 is 11.1 Å². The fraction of sp³-hybridized carbons (Fsp3) is 0.500. The van der Waals surface area contributed by atoms with Crippen LogP contribution in [0.5, 0.6) is 0 Å². The summed E-state index contributed by atoms with van der Waals surface area (Å²) in [6.07, 6.45) is 6.70. The zero-order valence-electron chi connectivity index (χ0n) is 11.3. The number of thiocarbonyl (C=S) groups is 1. The summed E-state index contributed by atoms with van der Waals surface area (Å²) in [6.45, 7) is 0. The first-order chi connectivity index (χ1) is 9.52. The number of rotatable bonds is 4. The van der Waals surface area contributed by atoms with E-state index < -0.39 is 0 Å². The van der Waals surface area contributed by atoms with Crippen molar-refractivity contribution in [1.29, 1.82) is 0 Å². The van der Waals surface area contributed by atoms with Crippen molar-refractivity contribution < 1.29 is 4.39 Å². The van der Waals surface area contributed by atoms with Crippen LogP contribution in [0.25, 0.3) is 0 Å². The Labute approximate surface area is 137 Å². The second kappa shape index (κ2) is 7.09. The molecule has 0 unspecified atom stereocenters. The first kappa shape index (κ1) is 16.0. The minimum atomic E-state index is -0.317. The maximum Gasteiger partial charge on any atom is 0.161 e. The highest BCUT2D eigenvalue weighted by Crippen LogP contribution is 2.31. The Morgan fingerprint density at radius 2 is 2.05 bits per heavy atom. The highest BCUT2D eigenvalue weighted by atomic mass is 79.9. The molecule has 0 amide bonds. The van der Waals surface area contributed by atoms with Crippen LogP contribution in [0.2, 0.25) is 0 Å². The minimum absolute atomic E-state index is 0.197. The van der Waals surface area contributed by atoms with Crippen molar-refractivity contribution in [2.24, 2.45) is 5.73 Å². The fourth-order valence-electron chi connectivity index (χ4n) is 2.51. The maximum atomic E-state index is 14.3. The topological polar surface area (TPSA) is 38.0 Å². The van der Waals surface area contributed by atoms with E-state index in [2.05, 4.69) is 27.5 Å². The van der Waals surface area contributed by atoms with Crippen molar-refractivity contribution in [2.75, 3.05) is 11.6 Å². The molecule has 0 atom stereocenters. The van der Waals surface area contributed by atoms with Crippen LogP contribution in [-0.4, -0.2) is 22.5 Å². The van der Waals surface area contributed by atoms with E-state index in [4.69, 9.17) is 18.0 Å². The van der Waals surface area contributed by atoms with Gasteiger partial charge in [-0.05, 0) is 60.0 Å². The molecule has 110 valence electrons. The zero-order chi connectivity index (χ0) is 14.7. The lowest BCUT2D eigenvalue weighted by Gasteiger charge is -2.29. The molecule has 2 rings (SSSR count). The molecule has 0 spiro atoms. The maximum absolute atomic E-state index is 14.3. The molecule has 6 heteroatoms. The predicted octanol–water partition coefficient (Wildman–Crippen LogP) is 4.31. The average molecular weight is 377 g/mol. The molecule has 0 bridgehead atoms. The van der Waals surface area contributed by atoms with Crippen molar-refractivity contribution in [3.8, 4) is 0 Å². The summed E-state index contributed by atoms with van der Waals surface area (Å²) >= 11 is 10.1.